The Balaban J connectivity index is 2.03. The second-order valence-corrected chi connectivity index (χ2v) is 7.36. The smallest absolute Gasteiger partial charge is 0.261 e. The lowest BCUT2D eigenvalue weighted by atomic mass is 9.88. The number of thiophene rings is 1. The maximum atomic E-state index is 12.1. The van der Waals surface area contributed by atoms with Crippen molar-refractivity contribution in [2.75, 3.05) is 0 Å². The molecule has 1 amide bonds. The Labute approximate surface area is 114 Å². The van der Waals surface area contributed by atoms with Crippen molar-refractivity contribution in [1.82, 2.24) is 5.32 Å². The number of nitrogens with one attached hydrogen (secondary N) is 1. The quantitative estimate of drug-likeness (QED) is 0.847. The highest BCUT2D eigenvalue weighted by molar-refractivity contribution is 7.14. The van der Waals surface area contributed by atoms with E-state index in [1.54, 1.807) is 11.3 Å². The molecule has 0 bridgehead atoms. The van der Waals surface area contributed by atoms with Crippen molar-refractivity contribution < 1.29 is 4.79 Å². The predicted octanol–water partition coefficient (Wildman–Crippen LogP) is 4.32. The monoisotopic (exact) mass is 265 g/mol. The molecule has 1 aromatic rings. The van der Waals surface area contributed by atoms with Crippen molar-refractivity contribution in [2.45, 2.75) is 64.3 Å². The van der Waals surface area contributed by atoms with E-state index in [9.17, 15) is 4.79 Å². The highest BCUT2D eigenvalue weighted by Gasteiger charge is 2.20. The van der Waals surface area contributed by atoms with Gasteiger partial charge in [0.15, 0.2) is 0 Å². The zero-order valence-electron chi connectivity index (χ0n) is 11.6. The number of carbonyl (C=O) groups excluding carboxylic acids is 1. The van der Waals surface area contributed by atoms with Crippen LogP contribution in [0.1, 0.15) is 73.3 Å². The topological polar surface area (TPSA) is 29.1 Å². The van der Waals surface area contributed by atoms with E-state index in [4.69, 9.17) is 0 Å². The zero-order chi connectivity index (χ0) is 13.2. The molecule has 0 atom stereocenters. The lowest BCUT2D eigenvalue weighted by Crippen LogP contribution is -2.40. The number of carbonyl (C=O) groups is 1. The second kappa shape index (κ2) is 5.43. The van der Waals surface area contributed by atoms with Gasteiger partial charge in [0.05, 0.1) is 4.88 Å². The van der Waals surface area contributed by atoms with E-state index in [-0.39, 0.29) is 11.4 Å². The van der Waals surface area contributed by atoms with Crippen LogP contribution in [0.5, 0.6) is 0 Å². The summed E-state index contributed by atoms with van der Waals surface area (Å²) in [5, 5.41) is 3.02. The molecule has 1 heterocycles. The molecule has 3 heteroatoms. The van der Waals surface area contributed by atoms with Gasteiger partial charge in [-0.25, -0.2) is 0 Å². The van der Waals surface area contributed by atoms with Crippen molar-refractivity contribution in [3.05, 3.63) is 21.9 Å². The van der Waals surface area contributed by atoms with Crippen LogP contribution in [0.15, 0.2) is 12.1 Å². The third-order valence-corrected chi connectivity index (χ3v) is 4.59. The SMILES string of the molecule is CC(C)(C)NC(=O)c1ccc(C2CCCCC2)s1. The average molecular weight is 265 g/mol. The van der Waals surface area contributed by atoms with Gasteiger partial charge in [0.1, 0.15) is 0 Å². The predicted molar refractivity (Wildman–Crippen MR) is 77.4 cm³/mol. The third kappa shape index (κ3) is 3.58. The lowest BCUT2D eigenvalue weighted by molar-refractivity contribution is 0.0924. The molecule has 1 aromatic heterocycles. The summed E-state index contributed by atoms with van der Waals surface area (Å²) in [5.41, 5.74) is -0.161. The largest absolute Gasteiger partial charge is 0.347 e. The summed E-state index contributed by atoms with van der Waals surface area (Å²) in [4.78, 5) is 14.3. The van der Waals surface area contributed by atoms with Gasteiger partial charge in [0.2, 0.25) is 0 Å². The Morgan fingerprint density at radius 3 is 2.50 bits per heavy atom. The summed E-state index contributed by atoms with van der Waals surface area (Å²) in [6.45, 7) is 6.04. The minimum absolute atomic E-state index is 0.0644. The molecule has 1 fully saturated rings. The Bertz CT molecular complexity index is 410. The van der Waals surface area contributed by atoms with Gasteiger partial charge in [-0.05, 0) is 51.7 Å². The molecule has 0 spiro atoms. The van der Waals surface area contributed by atoms with Crippen molar-refractivity contribution in [2.24, 2.45) is 0 Å². The van der Waals surface area contributed by atoms with Gasteiger partial charge < -0.3 is 5.32 Å². The summed E-state index contributed by atoms with van der Waals surface area (Å²) < 4.78 is 0. The molecule has 1 aliphatic carbocycles. The van der Waals surface area contributed by atoms with E-state index in [0.717, 1.165) is 4.88 Å². The van der Waals surface area contributed by atoms with E-state index in [1.807, 2.05) is 26.8 Å². The minimum Gasteiger partial charge on any atom is -0.347 e. The van der Waals surface area contributed by atoms with Crippen LogP contribution in [0.4, 0.5) is 0 Å². The van der Waals surface area contributed by atoms with E-state index < -0.39 is 0 Å². The first-order valence-corrected chi connectivity index (χ1v) is 7.69. The maximum Gasteiger partial charge on any atom is 0.261 e. The van der Waals surface area contributed by atoms with Gasteiger partial charge in [0, 0.05) is 10.4 Å². The molecule has 18 heavy (non-hydrogen) atoms. The molecule has 0 saturated heterocycles. The maximum absolute atomic E-state index is 12.1. The van der Waals surface area contributed by atoms with Crippen molar-refractivity contribution in [3.63, 3.8) is 0 Å². The van der Waals surface area contributed by atoms with E-state index in [0.29, 0.717) is 5.92 Å². The fourth-order valence-electron chi connectivity index (χ4n) is 2.48. The third-order valence-electron chi connectivity index (χ3n) is 3.35. The molecule has 0 aromatic carbocycles. The first kappa shape index (κ1) is 13.6. The Hall–Kier alpha value is -0.830. The average Bonchev–Trinajstić information content (AvgIpc) is 2.77. The molecular weight excluding hydrogens is 242 g/mol. The lowest BCUT2D eigenvalue weighted by Gasteiger charge is -2.20. The standard InChI is InChI=1S/C15H23NOS/c1-15(2,3)16-14(17)13-10-9-12(18-13)11-7-5-4-6-8-11/h9-11H,4-8H2,1-3H3,(H,16,17). The van der Waals surface area contributed by atoms with E-state index in [2.05, 4.69) is 11.4 Å². The number of hydrogen-bond acceptors (Lipinski definition) is 2. The van der Waals surface area contributed by atoms with Gasteiger partial charge >= 0.3 is 0 Å². The van der Waals surface area contributed by atoms with Gasteiger partial charge in [-0.3, -0.25) is 4.79 Å². The van der Waals surface area contributed by atoms with Crippen LogP contribution in [0, 0.1) is 0 Å². The Morgan fingerprint density at radius 1 is 1.22 bits per heavy atom. The van der Waals surface area contributed by atoms with Crippen LogP contribution in [-0.2, 0) is 0 Å². The van der Waals surface area contributed by atoms with Crippen LogP contribution >= 0.6 is 11.3 Å². The van der Waals surface area contributed by atoms with Gasteiger partial charge in [-0.1, -0.05) is 19.3 Å². The van der Waals surface area contributed by atoms with Crippen molar-refractivity contribution in [3.8, 4) is 0 Å². The van der Waals surface area contributed by atoms with Gasteiger partial charge in [-0.2, -0.15) is 0 Å². The molecule has 2 rings (SSSR count). The second-order valence-electron chi connectivity index (χ2n) is 6.24. The summed E-state index contributed by atoms with van der Waals surface area (Å²) in [6.07, 6.45) is 6.64. The van der Waals surface area contributed by atoms with Crippen molar-refractivity contribution >= 4 is 17.2 Å². The molecule has 0 unspecified atom stereocenters. The highest BCUT2D eigenvalue weighted by Crippen LogP contribution is 2.36. The molecule has 1 N–H and O–H groups in total. The fraction of sp³-hybridized carbons (Fsp3) is 0.667. The van der Waals surface area contributed by atoms with E-state index in [1.165, 1.54) is 37.0 Å². The molecule has 1 aliphatic rings. The normalized spacial score (nSPS) is 17.7. The Kier molecular flexibility index (Phi) is 4.10. The fourth-order valence-corrected chi connectivity index (χ4v) is 3.56. The van der Waals surface area contributed by atoms with Crippen LogP contribution in [0.3, 0.4) is 0 Å². The number of hydrogen-bond donors (Lipinski definition) is 1. The van der Waals surface area contributed by atoms with E-state index >= 15 is 0 Å². The molecule has 0 radical (unpaired) electrons. The highest BCUT2D eigenvalue weighted by atomic mass is 32.1. The van der Waals surface area contributed by atoms with Gasteiger partial charge in [-0.15, -0.1) is 11.3 Å². The first-order valence-electron chi connectivity index (χ1n) is 6.88. The van der Waals surface area contributed by atoms with Crippen LogP contribution in [-0.4, -0.2) is 11.4 Å². The summed E-state index contributed by atoms with van der Waals surface area (Å²) in [5.74, 6) is 0.759. The number of rotatable bonds is 2. The van der Waals surface area contributed by atoms with Crippen LogP contribution in [0.25, 0.3) is 0 Å². The molecule has 0 aliphatic heterocycles. The van der Waals surface area contributed by atoms with Crippen LogP contribution < -0.4 is 5.32 Å². The first-order chi connectivity index (χ1) is 8.46. The molecule has 2 nitrogen and oxygen atoms in total. The molecule has 100 valence electrons. The molecule has 1 saturated carbocycles. The van der Waals surface area contributed by atoms with Crippen LogP contribution in [0.2, 0.25) is 0 Å². The van der Waals surface area contributed by atoms with Gasteiger partial charge in [0.25, 0.3) is 5.91 Å². The minimum atomic E-state index is -0.161. The zero-order valence-corrected chi connectivity index (χ0v) is 12.4. The number of amides is 1. The summed E-state index contributed by atoms with van der Waals surface area (Å²) in [6, 6.07) is 4.13. The summed E-state index contributed by atoms with van der Waals surface area (Å²) in [7, 11) is 0. The summed E-state index contributed by atoms with van der Waals surface area (Å²) >= 11 is 1.68. The molecular formula is C15H23NOS. The Morgan fingerprint density at radius 2 is 1.89 bits per heavy atom. The van der Waals surface area contributed by atoms with Crippen molar-refractivity contribution in [1.29, 1.82) is 0 Å².